The number of hydrogen-bond donors (Lipinski definition) is 1. The Hall–Kier alpha value is -1.44. The normalized spacial score (nSPS) is 20.1. The van der Waals surface area contributed by atoms with Gasteiger partial charge < -0.3 is 0 Å². The molecule has 1 amide bonds. The Morgan fingerprint density at radius 3 is 2.71 bits per heavy atom. The first-order valence-corrected chi connectivity index (χ1v) is 8.50. The summed E-state index contributed by atoms with van der Waals surface area (Å²) in [6.45, 7) is 2.44. The molecule has 1 fully saturated rings. The van der Waals surface area contributed by atoms with E-state index in [0.717, 1.165) is 12.8 Å². The van der Waals surface area contributed by atoms with E-state index in [1.165, 1.54) is 4.31 Å². The van der Waals surface area contributed by atoms with E-state index in [2.05, 4.69) is 5.48 Å². The van der Waals surface area contributed by atoms with Crippen LogP contribution in [0.15, 0.2) is 35.2 Å². The maximum Gasteiger partial charge on any atom is 0.261 e. The maximum atomic E-state index is 12.7. The average Bonchev–Trinajstić information content (AvgIpc) is 2.53. The SMILES string of the molecule is CCONC(=O)C1CCCCN1S(=O)(=O)c1ccccc1. The number of amides is 1. The van der Waals surface area contributed by atoms with Gasteiger partial charge in [0, 0.05) is 6.54 Å². The Kier molecular flexibility index (Phi) is 5.33. The van der Waals surface area contributed by atoms with Crippen LogP contribution in [0, 0.1) is 0 Å². The van der Waals surface area contributed by atoms with Gasteiger partial charge in [-0.25, -0.2) is 13.9 Å². The van der Waals surface area contributed by atoms with Crippen LogP contribution in [0.1, 0.15) is 26.2 Å². The highest BCUT2D eigenvalue weighted by atomic mass is 32.2. The number of carbonyl (C=O) groups excluding carboxylic acids is 1. The summed E-state index contributed by atoms with van der Waals surface area (Å²) in [6.07, 6.45) is 2.08. The number of nitrogens with zero attached hydrogens (tertiary/aromatic N) is 1. The summed E-state index contributed by atoms with van der Waals surface area (Å²) in [5, 5.41) is 0. The summed E-state index contributed by atoms with van der Waals surface area (Å²) in [7, 11) is -3.66. The molecule has 1 saturated heterocycles. The van der Waals surface area contributed by atoms with Crippen LogP contribution in [0.4, 0.5) is 0 Å². The number of nitrogens with one attached hydrogen (secondary N) is 1. The Labute approximate surface area is 125 Å². The Morgan fingerprint density at radius 2 is 2.05 bits per heavy atom. The molecule has 1 unspecified atom stereocenters. The third-order valence-corrected chi connectivity index (χ3v) is 5.35. The molecule has 6 nitrogen and oxygen atoms in total. The molecule has 2 rings (SSSR count). The Bertz CT molecular complexity index is 574. The molecule has 1 heterocycles. The lowest BCUT2D eigenvalue weighted by molar-refractivity contribution is -0.138. The van der Waals surface area contributed by atoms with E-state index in [1.807, 2.05) is 0 Å². The minimum Gasteiger partial charge on any atom is -0.274 e. The van der Waals surface area contributed by atoms with Crippen LogP contribution >= 0.6 is 0 Å². The summed E-state index contributed by atoms with van der Waals surface area (Å²) >= 11 is 0. The largest absolute Gasteiger partial charge is 0.274 e. The maximum absolute atomic E-state index is 12.7. The molecule has 1 atom stereocenters. The van der Waals surface area contributed by atoms with Crippen molar-refractivity contribution in [3.8, 4) is 0 Å². The third-order valence-electron chi connectivity index (χ3n) is 3.42. The quantitative estimate of drug-likeness (QED) is 0.832. The second kappa shape index (κ2) is 7.02. The van der Waals surface area contributed by atoms with Gasteiger partial charge in [0.25, 0.3) is 5.91 Å². The number of carbonyl (C=O) groups is 1. The van der Waals surface area contributed by atoms with Gasteiger partial charge in [0.1, 0.15) is 6.04 Å². The van der Waals surface area contributed by atoms with E-state index in [0.29, 0.717) is 19.6 Å². The van der Waals surface area contributed by atoms with Gasteiger partial charge in [0.15, 0.2) is 0 Å². The monoisotopic (exact) mass is 312 g/mol. The molecule has 1 aromatic rings. The number of sulfonamides is 1. The predicted octanol–water partition coefficient (Wildman–Crippen LogP) is 1.30. The average molecular weight is 312 g/mol. The zero-order valence-corrected chi connectivity index (χ0v) is 12.8. The van der Waals surface area contributed by atoms with Crippen LogP contribution in [0.25, 0.3) is 0 Å². The first-order valence-electron chi connectivity index (χ1n) is 7.06. The van der Waals surface area contributed by atoms with Gasteiger partial charge >= 0.3 is 0 Å². The number of piperidine rings is 1. The predicted molar refractivity (Wildman–Crippen MR) is 77.7 cm³/mol. The first-order chi connectivity index (χ1) is 10.1. The molecule has 1 aliphatic rings. The van der Waals surface area contributed by atoms with Crippen molar-refractivity contribution in [2.75, 3.05) is 13.2 Å². The highest BCUT2D eigenvalue weighted by Gasteiger charge is 2.37. The van der Waals surface area contributed by atoms with E-state index in [9.17, 15) is 13.2 Å². The van der Waals surface area contributed by atoms with E-state index in [1.54, 1.807) is 37.3 Å². The van der Waals surface area contributed by atoms with Crippen molar-refractivity contribution < 1.29 is 18.0 Å². The summed E-state index contributed by atoms with van der Waals surface area (Å²) in [5.74, 6) is -0.406. The van der Waals surface area contributed by atoms with Crippen LogP contribution in [-0.2, 0) is 19.7 Å². The van der Waals surface area contributed by atoms with Gasteiger partial charge in [-0.2, -0.15) is 4.31 Å². The fourth-order valence-electron chi connectivity index (χ4n) is 2.39. The molecule has 21 heavy (non-hydrogen) atoms. The van der Waals surface area contributed by atoms with E-state index in [4.69, 9.17) is 4.84 Å². The van der Waals surface area contributed by atoms with Crippen molar-refractivity contribution >= 4 is 15.9 Å². The van der Waals surface area contributed by atoms with Crippen molar-refractivity contribution in [3.63, 3.8) is 0 Å². The van der Waals surface area contributed by atoms with E-state index < -0.39 is 22.0 Å². The molecule has 1 aromatic carbocycles. The molecule has 0 spiro atoms. The molecule has 0 saturated carbocycles. The van der Waals surface area contributed by atoms with Crippen LogP contribution < -0.4 is 5.48 Å². The fourth-order valence-corrected chi connectivity index (χ4v) is 4.07. The molecule has 0 aliphatic carbocycles. The zero-order valence-electron chi connectivity index (χ0n) is 12.0. The van der Waals surface area contributed by atoms with Gasteiger partial charge in [0.05, 0.1) is 11.5 Å². The zero-order chi connectivity index (χ0) is 15.3. The highest BCUT2D eigenvalue weighted by Crippen LogP contribution is 2.25. The van der Waals surface area contributed by atoms with Crippen LogP contribution in [0.3, 0.4) is 0 Å². The van der Waals surface area contributed by atoms with Gasteiger partial charge in [-0.1, -0.05) is 24.6 Å². The van der Waals surface area contributed by atoms with Crippen LogP contribution in [0.5, 0.6) is 0 Å². The smallest absolute Gasteiger partial charge is 0.261 e. The van der Waals surface area contributed by atoms with Gasteiger partial charge in [-0.3, -0.25) is 9.63 Å². The molecule has 1 N–H and O–H groups in total. The number of hydrogen-bond acceptors (Lipinski definition) is 4. The molecular weight excluding hydrogens is 292 g/mol. The highest BCUT2D eigenvalue weighted by molar-refractivity contribution is 7.89. The van der Waals surface area contributed by atoms with Crippen molar-refractivity contribution in [1.29, 1.82) is 0 Å². The summed E-state index contributed by atoms with van der Waals surface area (Å²) in [4.78, 5) is 17.2. The lowest BCUT2D eigenvalue weighted by atomic mass is 10.0. The van der Waals surface area contributed by atoms with E-state index in [-0.39, 0.29) is 4.90 Å². The topological polar surface area (TPSA) is 75.7 Å². The molecule has 1 aliphatic heterocycles. The Balaban J connectivity index is 2.24. The lowest BCUT2D eigenvalue weighted by Crippen LogP contribution is -2.51. The second-order valence-electron chi connectivity index (χ2n) is 4.84. The minimum absolute atomic E-state index is 0.209. The fraction of sp³-hybridized carbons (Fsp3) is 0.500. The van der Waals surface area contributed by atoms with Crippen molar-refractivity contribution in [1.82, 2.24) is 9.79 Å². The first kappa shape index (κ1) is 15.9. The molecule has 116 valence electrons. The molecule has 0 aromatic heterocycles. The number of rotatable bonds is 5. The van der Waals surface area contributed by atoms with Crippen molar-refractivity contribution in [2.45, 2.75) is 37.1 Å². The summed E-state index contributed by atoms with van der Waals surface area (Å²) in [5.41, 5.74) is 2.31. The molecule has 7 heteroatoms. The van der Waals surface area contributed by atoms with Gasteiger partial charge in [-0.15, -0.1) is 0 Å². The Morgan fingerprint density at radius 1 is 1.33 bits per heavy atom. The molecular formula is C14H20N2O4S. The van der Waals surface area contributed by atoms with Gasteiger partial charge in [-0.05, 0) is 31.9 Å². The number of benzene rings is 1. The van der Waals surface area contributed by atoms with Crippen LogP contribution in [0.2, 0.25) is 0 Å². The molecule has 0 bridgehead atoms. The lowest BCUT2D eigenvalue weighted by Gasteiger charge is -2.33. The number of hydroxylamine groups is 1. The van der Waals surface area contributed by atoms with Crippen LogP contribution in [-0.4, -0.2) is 37.8 Å². The van der Waals surface area contributed by atoms with E-state index >= 15 is 0 Å². The minimum atomic E-state index is -3.66. The standard InChI is InChI=1S/C14H20N2O4S/c1-2-20-15-14(17)13-10-6-7-11-16(13)21(18,19)12-8-4-3-5-9-12/h3-5,8-9,13H,2,6-7,10-11H2,1H3,(H,15,17). The van der Waals surface area contributed by atoms with Gasteiger partial charge in [0.2, 0.25) is 10.0 Å². The van der Waals surface area contributed by atoms with Crippen molar-refractivity contribution in [2.24, 2.45) is 0 Å². The van der Waals surface area contributed by atoms with Crippen molar-refractivity contribution in [3.05, 3.63) is 30.3 Å². The summed E-state index contributed by atoms with van der Waals surface area (Å²) in [6, 6.07) is 7.48. The molecule has 0 radical (unpaired) electrons. The third kappa shape index (κ3) is 3.61. The summed E-state index contributed by atoms with van der Waals surface area (Å²) < 4.78 is 26.6. The second-order valence-corrected chi connectivity index (χ2v) is 6.73.